The number of amides is 1. The molecule has 2 atom stereocenters. The number of hydrogen-bond acceptors (Lipinski definition) is 5. The van der Waals surface area contributed by atoms with Crippen molar-refractivity contribution in [1.82, 2.24) is 5.32 Å². The van der Waals surface area contributed by atoms with Crippen molar-refractivity contribution >= 4 is 23.3 Å². The maximum absolute atomic E-state index is 11.8. The average molecular weight is 289 g/mol. The van der Waals surface area contributed by atoms with Crippen molar-refractivity contribution in [2.75, 3.05) is 30.8 Å². The maximum atomic E-state index is 11.8. The fourth-order valence-corrected chi connectivity index (χ4v) is 3.31. The third-order valence-corrected chi connectivity index (χ3v) is 4.36. The number of carbonyl (C=O) groups is 2. The third kappa shape index (κ3) is 2.30. The fraction of sp³-hybridized carbons (Fsp3) is 0.467. The molecule has 6 heteroatoms. The highest BCUT2D eigenvalue weighted by atomic mass is 16.5. The van der Waals surface area contributed by atoms with Crippen LogP contribution in [0, 0.1) is 5.92 Å². The van der Waals surface area contributed by atoms with E-state index < -0.39 is 5.97 Å². The molecule has 0 aliphatic carbocycles. The molecule has 112 valence electrons. The minimum Gasteiger partial charge on any atom is -0.465 e. The number of nitrogens with two attached hydrogens (primary N) is 1. The second-order valence-corrected chi connectivity index (χ2v) is 5.52. The molecule has 0 saturated carbocycles. The van der Waals surface area contributed by atoms with Crippen molar-refractivity contribution in [2.24, 2.45) is 5.92 Å². The van der Waals surface area contributed by atoms with Crippen LogP contribution >= 0.6 is 0 Å². The molecule has 0 aromatic heterocycles. The first-order valence-electron chi connectivity index (χ1n) is 7.14. The van der Waals surface area contributed by atoms with Crippen molar-refractivity contribution in [3.05, 3.63) is 23.8 Å². The van der Waals surface area contributed by atoms with E-state index in [9.17, 15) is 9.59 Å². The Balaban J connectivity index is 1.89. The third-order valence-electron chi connectivity index (χ3n) is 4.36. The summed E-state index contributed by atoms with van der Waals surface area (Å²) in [5.41, 5.74) is 7.97. The van der Waals surface area contributed by atoms with Gasteiger partial charge in [0.2, 0.25) is 5.91 Å². The summed E-state index contributed by atoms with van der Waals surface area (Å²) in [7, 11) is 1.34. The van der Waals surface area contributed by atoms with E-state index in [0.29, 0.717) is 17.8 Å². The standard InChI is InChI=1S/C15H19N3O3/c1-21-15(20)9-4-5-12(11(16)7-9)18-6-2-3-10-13(18)8-17-14(10)19/h4-5,7,10,13H,2-3,6,8,16H2,1H3,(H,17,19). The van der Waals surface area contributed by atoms with Gasteiger partial charge in [0.05, 0.1) is 36.0 Å². The van der Waals surface area contributed by atoms with Crippen LogP contribution in [0.4, 0.5) is 11.4 Å². The zero-order valence-corrected chi connectivity index (χ0v) is 12.0. The molecule has 1 aromatic rings. The summed E-state index contributed by atoms with van der Waals surface area (Å²) in [5.74, 6) is -0.227. The summed E-state index contributed by atoms with van der Waals surface area (Å²) < 4.78 is 4.70. The van der Waals surface area contributed by atoms with E-state index in [2.05, 4.69) is 10.2 Å². The summed E-state index contributed by atoms with van der Waals surface area (Å²) >= 11 is 0. The number of benzene rings is 1. The largest absolute Gasteiger partial charge is 0.465 e. The molecule has 2 aliphatic heterocycles. The lowest BCUT2D eigenvalue weighted by atomic mass is 9.91. The van der Waals surface area contributed by atoms with Crippen LogP contribution in [0.3, 0.4) is 0 Å². The number of nitrogens with one attached hydrogen (secondary N) is 1. The van der Waals surface area contributed by atoms with Gasteiger partial charge in [0.15, 0.2) is 0 Å². The molecule has 0 bridgehead atoms. The van der Waals surface area contributed by atoms with E-state index in [-0.39, 0.29) is 17.9 Å². The second-order valence-electron chi connectivity index (χ2n) is 5.52. The highest BCUT2D eigenvalue weighted by Gasteiger charge is 2.41. The maximum Gasteiger partial charge on any atom is 0.337 e. The van der Waals surface area contributed by atoms with Gasteiger partial charge in [-0.2, -0.15) is 0 Å². The highest BCUT2D eigenvalue weighted by molar-refractivity contribution is 5.92. The molecule has 1 amide bonds. The van der Waals surface area contributed by atoms with Crippen LogP contribution < -0.4 is 16.0 Å². The summed E-state index contributed by atoms with van der Waals surface area (Å²) in [4.78, 5) is 25.5. The van der Waals surface area contributed by atoms with Gasteiger partial charge in [-0.3, -0.25) is 4.79 Å². The Morgan fingerprint density at radius 1 is 1.48 bits per heavy atom. The SMILES string of the molecule is COC(=O)c1ccc(N2CCCC3C(=O)NCC32)c(N)c1. The van der Waals surface area contributed by atoms with Crippen LogP contribution in [0.25, 0.3) is 0 Å². The second kappa shape index (κ2) is 5.27. The van der Waals surface area contributed by atoms with Gasteiger partial charge in [-0.1, -0.05) is 0 Å². The Bertz CT molecular complexity index is 588. The lowest BCUT2D eigenvalue weighted by molar-refractivity contribution is -0.123. The Labute approximate surface area is 123 Å². The van der Waals surface area contributed by atoms with Crippen molar-refractivity contribution < 1.29 is 14.3 Å². The number of carbonyl (C=O) groups excluding carboxylic acids is 2. The van der Waals surface area contributed by atoms with Gasteiger partial charge in [0.25, 0.3) is 0 Å². The summed E-state index contributed by atoms with van der Waals surface area (Å²) in [6.07, 6.45) is 1.89. The number of rotatable bonds is 2. The van der Waals surface area contributed by atoms with Crippen molar-refractivity contribution in [3.8, 4) is 0 Å². The van der Waals surface area contributed by atoms with Gasteiger partial charge in [0, 0.05) is 13.1 Å². The Morgan fingerprint density at radius 2 is 2.29 bits per heavy atom. The van der Waals surface area contributed by atoms with Crippen LogP contribution in [0.15, 0.2) is 18.2 Å². The van der Waals surface area contributed by atoms with Crippen LogP contribution in [-0.4, -0.2) is 38.1 Å². The molecular formula is C15H19N3O3. The van der Waals surface area contributed by atoms with Crippen LogP contribution in [0.1, 0.15) is 23.2 Å². The van der Waals surface area contributed by atoms with Gasteiger partial charge in [-0.15, -0.1) is 0 Å². The van der Waals surface area contributed by atoms with Crippen molar-refractivity contribution in [2.45, 2.75) is 18.9 Å². The van der Waals surface area contributed by atoms with Gasteiger partial charge < -0.3 is 20.7 Å². The molecule has 2 heterocycles. The summed E-state index contributed by atoms with van der Waals surface area (Å²) in [6, 6.07) is 5.34. The number of hydrogen-bond donors (Lipinski definition) is 2. The van der Waals surface area contributed by atoms with Gasteiger partial charge >= 0.3 is 5.97 Å². The molecule has 2 fully saturated rings. The summed E-state index contributed by atoms with van der Waals surface area (Å²) in [6.45, 7) is 1.53. The van der Waals surface area contributed by atoms with Crippen LogP contribution in [0.5, 0.6) is 0 Å². The number of anilines is 2. The van der Waals surface area contributed by atoms with Gasteiger partial charge in [-0.25, -0.2) is 4.79 Å². The molecule has 0 radical (unpaired) electrons. The number of piperidine rings is 1. The Kier molecular flexibility index (Phi) is 3.45. The molecule has 21 heavy (non-hydrogen) atoms. The number of esters is 1. The quantitative estimate of drug-likeness (QED) is 0.620. The van der Waals surface area contributed by atoms with E-state index in [1.54, 1.807) is 12.1 Å². The topological polar surface area (TPSA) is 84.7 Å². The normalized spacial score (nSPS) is 24.4. The molecule has 1 aromatic carbocycles. The number of fused-ring (bicyclic) bond motifs is 1. The molecule has 6 nitrogen and oxygen atoms in total. The highest BCUT2D eigenvalue weighted by Crippen LogP contribution is 2.34. The molecule has 2 aliphatic rings. The Hall–Kier alpha value is -2.24. The average Bonchev–Trinajstić information content (AvgIpc) is 2.88. The predicted molar refractivity (Wildman–Crippen MR) is 79.1 cm³/mol. The first-order valence-corrected chi connectivity index (χ1v) is 7.14. The van der Waals surface area contributed by atoms with E-state index in [1.807, 2.05) is 6.07 Å². The predicted octanol–water partition coefficient (Wildman–Crippen LogP) is 0.770. The molecule has 3 rings (SSSR count). The van der Waals surface area contributed by atoms with E-state index in [1.165, 1.54) is 7.11 Å². The molecule has 2 saturated heterocycles. The van der Waals surface area contributed by atoms with Crippen LogP contribution in [-0.2, 0) is 9.53 Å². The minimum absolute atomic E-state index is 0.0402. The zero-order valence-electron chi connectivity index (χ0n) is 12.0. The van der Waals surface area contributed by atoms with E-state index in [4.69, 9.17) is 10.5 Å². The zero-order chi connectivity index (χ0) is 15.0. The monoisotopic (exact) mass is 289 g/mol. The number of nitrogen functional groups attached to an aromatic ring is 1. The minimum atomic E-state index is -0.400. The fourth-order valence-electron chi connectivity index (χ4n) is 3.31. The number of nitrogens with zero attached hydrogens (tertiary/aromatic N) is 1. The van der Waals surface area contributed by atoms with E-state index >= 15 is 0 Å². The van der Waals surface area contributed by atoms with Crippen LogP contribution in [0.2, 0.25) is 0 Å². The van der Waals surface area contributed by atoms with E-state index in [0.717, 1.165) is 25.1 Å². The molecule has 3 N–H and O–H groups in total. The Morgan fingerprint density at radius 3 is 3.00 bits per heavy atom. The van der Waals surface area contributed by atoms with Gasteiger partial charge in [0.1, 0.15) is 0 Å². The smallest absolute Gasteiger partial charge is 0.337 e. The molecular weight excluding hydrogens is 270 g/mol. The summed E-state index contributed by atoms with van der Waals surface area (Å²) in [5, 5.41) is 2.92. The number of methoxy groups -OCH3 is 1. The lowest BCUT2D eigenvalue weighted by Gasteiger charge is -2.38. The van der Waals surface area contributed by atoms with Gasteiger partial charge in [-0.05, 0) is 31.0 Å². The van der Waals surface area contributed by atoms with Crippen molar-refractivity contribution in [3.63, 3.8) is 0 Å². The first-order chi connectivity index (χ1) is 10.1. The lowest BCUT2D eigenvalue weighted by Crippen LogP contribution is -2.46. The molecule has 0 spiro atoms. The van der Waals surface area contributed by atoms with Crippen molar-refractivity contribution in [1.29, 1.82) is 0 Å². The molecule has 2 unspecified atom stereocenters. The number of ether oxygens (including phenoxy) is 1. The first kappa shape index (κ1) is 13.7.